The second-order valence-electron chi connectivity index (χ2n) is 7.64. The molecule has 1 aliphatic heterocycles. The molecule has 1 atom stereocenters. The monoisotopic (exact) mass is 517 g/mol. The third-order valence-electron chi connectivity index (χ3n) is 4.95. The van der Waals surface area contributed by atoms with Crippen molar-refractivity contribution in [2.45, 2.75) is 45.8 Å². The number of ether oxygens (including phenoxy) is 2. The van der Waals surface area contributed by atoms with Crippen molar-refractivity contribution in [1.29, 1.82) is 0 Å². The number of halogens is 1. The predicted molar refractivity (Wildman–Crippen MR) is 128 cm³/mol. The van der Waals surface area contributed by atoms with Gasteiger partial charge in [0.15, 0.2) is 5.96 Å². The lowest BCUT2D eigenvalue weighted by Gasteiger charge is -2.32. The van der Waals surface area contributed by atoms with Gasteiger partial charge in [0.25, 0.3) is 0 Å². The standard InChI is InChI=1S/C21H35N5O2.HI/c1-3-22-21(24-8-4-11-27-16-18-5-6-18)25-14-19-7-9-23-20(13-19)26-10-12-28-17(2)15-26;/h7,9,13,17-18H,3-6,8,10-12,14-16H2,1-2H3,(H2,22,24,25);1H. The van der Waals surface area contributed by atoms with Crippen LogP contribution in [0.4, 0.5) is 5.82 Å². The van der Waals surface area contributed by atoms with Crippen molar-refractivity contribution in [3.05, 3.63) is 23.9 Å². The minimum atomic E-state index is 0. The fourth-order valence-electron chi connectivity index (χ4n) is 3.19. The average Bonchev–Trinajstić information content (AvgIpc) is 3.53. The van der Waals surface area contributed by atoms with Gasteiger partial charge in [-0.15, -0.1) is 24.0 Å². The van der Waals surface area contributed by atoms with E-state index >= 15 is 0 Å². The minimum absolute atomic E-state index is 0. The molecule has 3 rings (SSSR count). The number of hydrogen-bond donors (Lipinski definition) is 2. The summed E-state index contributed by atoms with van der Waals surface area (Å²) in [5.74, 6) is 2.69. The van der Waals surface area contributed by atoms with Crippen LogP contribution in [0.25, 0.3) is 0 Å². The highest BCUT2D eigenvalue weighted by Gasteiger charge is 2.21. The first-order chi connectivity index (χ1) is 13.7. The van der Waals surface area contributed by atoms with Gasteiger partial charge < -0.3 is 25.0 Å². The third-order valence-corrected chi connectivity index (χ3v) is 4.95. The number of nitrogens with one attached hydrogen (secondary N) is 2. The van der Waals surface area contributed by atoms with Gasteiger partial charge in [0.1, 0.15) is 5.82 Å². The highest BCUT2D eigenvalue weighted by atomic mass is 127. The molecule has 2 aliphatic rings. The molecule has 1 aromatic heterocycles. The molecule has 2 fully saturated rings. The number of anilines is 1. The molecule has 8 heteroatoms. The summed E-state index contributed by atoms with van der Waals surface area (Å²) in [6.45, 7) is 10.8. The zero-order valence-corrected chi connectivity index (χ0v) is 20.1. The molecule has 0 amide bonds. The smallest absolute Gasteiger partial charge is 0.191 e. The number of rotatable bonds is 10. The first-order valence-corrected chi connectivity index (χ1v) is 10.7. The Kier molecular flexibility index (Phi) is 11.0. The van der Waals surface area contributed by atoms with Gasteiger partial charge in [0, 0.05) is 45.6 Å². The van der Waals surface area contributed by atoms with Crippen molar-refractivity contribution in [3.8, 4) is 0 Å². The van der Waals surface area contributed by atoms with Crippen LogP contribution < -0.4 is 15.5 Å². The van der Waals surface area contributed by atoms with E-state index in [-0.39, 0.29) is 30.1 Å². The van der Waals surface area contributed by atoms with Gasteiger partial charge >= 0.3 is 0 Å². The van der Waals surface area contributed by atoms with Crippen LogP contribution in [-0.2, 0) is 16.0 Å². The molecule has 1 saturated heterocycles. The Morgan fingerprint density at radius 1 is 1.38 bits per heavy atom. The van der Waals surface area contributed by atoms with Crippen LogP contribution in [0.15, 0.2) is 23.3 Å². The molecular formula is C21H36IN5O2. The molecule has 0 radical (unpaired) electrons. The van der Waals surface area contributed by atoms with E-state index in [1.807, 2.05) is 12.3 Å². The van der Waals surface area contributed by atoms with E-state index in [2.05, 4.69) is 40.4 Å². The number of pyridine rings is 1. The normalized spacial score (nSPS) is 19.6. The Bertz CT molecular complexity index is 627. The van der Waals surface area contributed by atoms with Crippen LogP contribution in [-0.4, -0.2) is 63.0 Å². The predicted octanol–water partition coefficient (Wildman–Crippen LogP) is 2.80. The van der Waals surface area contributed by atoms with Crippen LogP contribution in [0.2, 0.25) is 0 Å². The van der Waals surface area contributed by atoms with E-state index < -0.39 is 0 Å². The molecule has 2 heterocycles. The van der Waals surface area contributed by atoms with E-state index in [1.54, 1.807) is 0 Å². The van der Waals surface area contributed by atoms with E-state index in [1.165, 1.54) is 12.8 Å². The number of hydrogen-bond acceptors (Lipinski definition) is 5. The topological polar surface area (TPSA) is 71.0 Å². The molecule has 7 nitrogen and oxygen atoms in total. The van der Waals surface area contributed by atoms with Crippen molar-refractivity contribution in [2.24, 2.45) is 10.9 Å². The summed E-state index contributed by atoms with van der Waals surface area (Å²) in [6.07, 6.45) is 5.80. The van der Waals surface area contributed by atoms with Gasteiger partial charge in [0.2, 0.25) is 0 Å². The van der Waals surface area contributed by atoms with Crippen LogP contribution in [0, 0.1) is 5.92 Å². The summed E-state index contributed by atoms with van der Waals surface area (Å²) in [4.78, 5) is 11.5. The molecule has 29 heavy (non-hydrogen) atoms. The minimum Gasteiger partial charge on any atom is -0.381 e. The molecule has 1 aliphatic carbocycles. The van der Waals surface area contributed by atoms with Gasteiger partial charge in [-0.05, 0) is 56.7 Å². The fraction of sp³-hybridized carbons (Fsp3) is 0.714. The van der Waals surface area contributed by atoms with Crippen molar-refractivity contribution < 1.29 is 9.47 Å². The van der Waals surface area contributed by atoms with E-state index in [4.69, 9.17) is 14.5 Å². The van der Waals surface area contributed by atoms with Crippen molar-refractivity contribution >= 4 is 35.8 Å². The second-order valence-corrected chi connectivity index (χ2v) is 7.64. The fourth-order valence-corrected chi connectivity index (χ4v) is 3.19. The largest absolute Gasteiger partial charge is 0.381 e. The lowest BCUT2D eigenvalue weighted by Crippen LogP contribution is -2.41. The first-order valence-electron chi connectivity index (χ1n) is 10.7. The summed E-state index contributed by atoms with van der Waals surface area (Å²) >= 11 is 0. The summed E-state index contributed by atoms with van der Waals surface area (Å²) < 4.78 is 11.3. The van der Waals surface area contributed by atoms with E-state index in [0.29, 0.717) is 6.54 Å². The van der Waals surface area contributed by atoms with Gasteiger partial charge in [0.05, 0.1) is 19.3 Å². The molecule has 2 N–H and O–H groups in total. The number of morpholine rings is 1. The van der Waals surface area contributed by atoms with Crippen LogP contribution in [0.1, 0.15) is 38.7 Å². The Hall–Kier alpha value is -1.13. The average molecular weight is 517 g/mol. The Morgan fingerprint density at radius 2 is 2.24 bits per heavy atom. The molecular weight excluding hydrogens is 481 g/mol. The van der Waals surface area contributed by atoms with Gasteiger partial charge in [-0.2, -0.15) is 0 Å². The molecule has 1 saturated carbocycles. The zero-order valence-electron chi connectivity index (χ0n) is 17.7. The first kappa shape index (κ1) is 24.1. The summed E-state index contributed by atoms with van der Waals surface area (Å²) in [6, 6.07) is 4.17. The second kappa shape index (κ2) is 13.2. The van der Waals surface area contributed by atoms with Crippen molar-refractivity contribution in [3.63, 3.8) is 0 Å². The van der Waals surface area contributed by atoms with Crippen LogP contribution >= 0.6 is 24.0 Å². The molecule has 164 valence electrons. The molecule has 0 bridgehead atoms. The van der Waals surface area contributed by atoms with Crippen LogP contribution in [0.3, 0.4) is 0 Å². The van der Waals surface area contributed by atoms with E-state index in [9.17, 15) is 0 Å². The molecule has 0 aromatic carbocycles. The number of aromatic nitrogens is 1. The van der Waals surface area contributed by atoms with Gasteiger partial charge in [-0.25, -0.2) is 9.98 Å². The zero-order chi connectivity index (χ0) is 19.6. The van der Waals surface area contributed by atoms with Crippen molar-refractivity contribution in [1.82, 2.24) is 15.6 Å². The SMILES string of the molecule is CCNC(=NCc1ccnc(N2CCOC(C)C2)c1)NCCCOCC1CC1.I. The summed E-state index contributed by atoms with van der Waals surface area (Å²) in [5, 5.41) is 6.71. The van der Waals surface area contributed by atoms with Crippen LogP contribution in [0.5, 0.6) is 0 Å². The number of aliphatic imine (C=N–C) groups is 1. The Labute approximate surface area is 192 Å². The Morgan fingerprint density at radius 3 is 3.00 bits per heavy atom. The maximum Gasteiger partial charge on any atom is 0.191 e. The molecule has 0 spiro atoms. The number of guanidine groups is 1. The lowest BCUT2D eigenvalue weighted by atomic mass is 10.2. The van der Waals surface area contributed by atoms with Gasteiger partial charge in [-0.1, -0.05) is 0 Å². The molecule has 1 aromatic rings. The third kappa shape index (κ3) is 9.04. The van der Waals surface area contributed by atoms with E-state index in [0.717, 1.165) is 75.7 Å². The summed E-state index contributed by atoms with van der Waals surface area (Å²) in [7, 11) is 0. The van der Waals surface area contributed by atoms with Crippen molar-refractivity contribution in [2.75, 3.05) is 50.9 Å². The summed E-state index contributed by atoms with van der Waals surface area (Å²) in [5.41, 5.74) is 1.16. The Balaban J connectivity index is 0.00000300. The highest BCUT2D eigenvalue weighted by Crippen LogP contribution is 2.28. The maximum atomic E-state index is 5.69. The maximum absolute atomic E-state index is 5.69. The van der Waals surface area contributed by atoms with Gasteiger partial charge in [-0.3, -0.25) is 0 Å². The number of nitrogens with zero attached hydrogens (tertiary/aromatic N) is 3. The lowest BCUT2D eigenvalue weighted by molar-refractivity contribution is 0.0529. The molecule has 1 unspecified atom stereocenters. The highest BCUT2D eigenvalue weighted by molar-refractivity contribution is 14.0. The quantitative estimate of drug-likeness (QED) is 0.215.